The molecule has 0 spiro atoms. The van der Waals surface area contributed by atoms with E-state index in [4.69, 9.17) is 9.47 Å². The van der Waals surface area contributed by atoms with E-state index in [-0.39, 0.29) is 12.0 Å². The smallest absolute Gasteiger partial charge is 0.252 e. The highest BCUT2D eigenvalue weighted by molar-refractivity contribution is 5.81. The van der Waals surface area contributed by atoms with Crippen molar-refractivity contribution in [2.45, 2.75) is 44.1 Å². The Morgan fingerprint density at radius 1 is 1.42 bits per heavy atom. The molecule has 0 unspecified atom stereocenters. The fourth-order valence-electron chi connectivity index (χ4n) is 3.03. The first-order valence-corrected chi connectivity index (χ1v) is 9.07. The van der Waals surface area contributed by atoms with E-state index >= 15 is 0 Å². The van der Waals surface area contributed by atoms with Crippen molar-refractivity contribution >= 4 is 5.91 Å². The number of benzene rings is 1. The molecule has 2 N–H and O–H groups in total. The van der Waals surface area contributed by atoms with Crippen LogP contribution in [0.3, 0.4) is 0 Å². The molecule has 0 radical (unpaired) electrons. The van der Waals surface area contributed by atoms with E-state index in [1.54, 1.807) is 7.11 Å². The Hall–Kier alpha value is -1.89. The van der Waals surface area contributed by atoms with Crippen molar-refractivity contribution in [3.63, 3.8) is 0 Å². The van der Waals surface area contributed by atoms with Gasteiger partial charge in [0.25, 0.3) is 5.91 Å². The van der Waals surface area contributed by atoms with Crippen LogP contribution in [0.1, 0.15) is 24.8 Å². The van der Waals surface area contributed by atoms with Crippen LogP contribution >= 0.6 is 0 Å². The summed E-state index contributed by atoms with van der Waals surface area (Å²) in [4.78, 5) is 14.6. The summed E-state index contributed by atoms with van der Waals surface area (Å²) in [6.07, 6.45) is 2.47. The summed E-state index contributed by atoms with van der Waals surface area (Å²) in [6, 6.07) is 7.50. The minimum Gasteiger partial charge on any atom is -0.497 e. The molecular formula is C20H30N2O4. The molecule has 3 atom stereocenters. The molecule has 6 nitrogen and oxygen atoms in total. The monoisotopic (exact) mass is 362 g/mol. The molecule has 1 aliphatic heterocycles. The molecule has 0 saturated carbocycles. The summed E-state index contributed by atoms with van der Waals surface area (Å²) in [5, 5.41) is 13.0. The Morgan fingerprint density at radius 2 is 2.15 bits per heavy atom. The van der Waals surface area contributed by atoms with Crippen molar-refractivity contribution < 1.29 is 19.4 Å². The van der Waals surface area contributed by atoms with Crippen LogP contribution in [-0.2, 0) is 16.1 Å². The topological polar surface area (TPSA) is 71.0 Å². The van der Waals surface area contributed by atoms with Crippen molar-refractivity contribution in [2.24, 2.45) is 0 Å². The molecule has 1 heterocycles. The Labute approximate surface area is 155 Å². The lowest BCUT2D eigenvalue weighted by Gasteiger charge is -2.33. The number of ether oxygens (including phenoxy) is 2. The van der Waals surface area contributed by atoms with Gasteiger partial charge in [0, 0.05) is 19.6 Å². The third-order valence-corrected chi connectivity index (χ3v) is 4.63. The number of aliphatic hydroxyl groups excluding tert-OH is 1. The second kappa shape index (κ2) is 10.3. The summed E-state index contributed by atoms with van der Waals surface area (Å²) in [5.74, 6) is 0.507. The van der Waals surface area contributed by atoms with E-state index in [0.29, 0.717) is 13.0 Å². The van der Waals surface area contributed by atoms with Crippen molar-refractivity contribution in [1.82, 2.24) is 10.2 Å². The molecule has 1 fully saturated rings. The Kier molecular flexibility index (Phi) is 8.09. The van der Waals surface area contributed by atoms with E-state index in [9.17, 15) is 9.90 Å². The molecule has 1 aromatic rings. The Morgan fingerprint density at radius 3 is 2.81 bits per heavy atom. The molecule has 144 valence electrons. The number of aliphatic hydroxyl groups is 1. The average molecular weight is 362 g/mol. The highest BCUT2D eigenvalue weighted by atomic mass is 16.5. The van der Waals surface area contributed by atoms with Crippen LogP contribution in [0.4, 0.5) is 0 Å². The van der Waals surface area contributed by atoms with Gasteiger partial charge in [-0.1, -0.05) is 18.2 Å². The summed E-state index contributed by atoms with van der Waals surface area (Å²) >= 11 is 0. The standard InChI is InChI=1S/C20H30N2O4/c1-4-12-22(2)13-11-17-9-10-18(23)19(26-17)20(24)21-14-15-5-7-16(25-3)8-6-15/h4-8,17-19,23H,1,9-14H2,2-3H3,(H,21,24)/t17-,18-,19-/m0/s1. The Balaban J connectivity index is 1.82. The molecular weight excluding hydrogens is 332 g/mol. The molecule has 6 heteroatoms. The lowest BCUT2D eigenvalue weighted by atomic mass is 9.98. The van der Waals surface area contributed by atoms with E-state index in [1.165, 1.54) is 0 Å². The molecule has 0 aliphatic carbocycles. The summed E-state index contributed by atoms with van der Waals surface area (Å²) in [6.45, 7) is 5.81. The maximum absolute atomic E-state index is 12.4. The largest absolute Gasteiger partial charge is 0.497 e. The maximum atomic E-state index is 12.4. The zero-order chi connectivity index (χ0) is 18.9. The zero-order valence-electron chi connectivity index (χ0n) is 15.7. The van der Waals surface area contributed by atoms with Gasteiger partial charge in [-0.15, -0.1) is 6.58 Å². The summed E-state index contributed by atoms with van der Waals surface area (Å²) in [5.41, 5.74) is 0.965. The van der Waals surface area contributed by atoms with Gasteiger partial charge in [-0.3, -0.25) is 4.79 Å². The average Bonchev–Trinajstić information content (AvgIpc) is 2.66. The molecule has 0 aromatic heterocycles. The van der Waals surface area contributed by atoms with Crippen molar-refractivity contribution in [3.05, 3.63) is 42.5 Å². The summed E-state index contributed by atoms with van der Waals surface area (Å²) in [7, 11) is 3.64. The number of nitrogens with zero attached hydrogens (tertiary/aromatic N) is 1. The zero-order valence-corrected chi connectivity index (χ0v) is 15.7. The van der Waals surface area contributed by atoms with E-state index in [1.807, 2.05) is 37.4 Å². The van der Waals surface area contributed by atoms with Crippen LogP contribution < -0.4 is 10.1 Å². The molecule has 1 saturated heterocycles. The number of hydrogen-bond donors (Lipinski definition) is 2. The second-order valence-electron chi connectivity index (χ2n) is 6.73. The molecule has 1 amide bonds. The van der Waals surface area contributed by atoms with E-state index in [0.717, 1.165) is 37.2 Å². The van der Waals surface area contributed by atoms with Crippen LogP contribution in [-0.4, -0.2) is 61.5 Å². The number of methoxy groups -OCH3 is 1. The quantitative estimate of drug-likeness (QED) is 0.655. The molecule has 1 aliphatic rings. The van der Waals surface area contributed by atoms with Gasteiger partial charge < -0.3 is 24.8 Å². The fourth-order valence-corrected chi connectivity index (χ4v) is 3.03. The highest BCUT2D eigenvalue weighted by Crippen LogP contribution is 2.22. The lowest BCUT2D eigenvalue weighted by Crippen LogP contribution is -2.49. The van der Waals surface area contributed by atoms with Crippen LogP contribution in [0.5, 0.6) is 5.75 Å². The van der Waals surface area contributed by atoms with Crippen molar-refractivity contribution in [3.8, 4) is 5.75 Å². The highest BCUT2D eigenvalue weighted by Gasteiger charge is 2.34. The minimum atomic E-state index is -0.809. The van der Waals surface area contributed by atoms with Crippen LogP contribution in [0.15, 0.2) is 36.9 Å². The first-order chi connectivity index (χ1) is 12.5. The number of nitrogens with one attached hydrogen (secondary N) is 1. The number of carbonyl (C=O) groups is 1. The Bertz CT molecular complexity index is 576. The molecule has 1 aromatic carbocycles. The third-order valence-electron chi connectivity index (χ3n) is 4.63. The first kappa shape index (κ1) is 20.4. The number of likely N-dealkylation sites (N-methyl/N-ethyl adjacent to an activating group) is 1. The van der Waals surface area contributed by atoms with E-state index < -0.39 is 12.2 Å². The minimum absolute atomic E-state index is 0.0117. The van der Waals surface area contributed by atoms with Gasteiger partial charge >= 0.3 is 0 Å². The van der Waals surface area contributed by atoms with Gasteiger partial charge in [0.15, 0.2) is 6.10 Å². The normalized spacial score (nSPS) is 22.8. The molecule has 0 bridgehead atoms. The molecule has 2 rings (SSSR count). The number of hydrogen-bond acceptors (Lipinski definition) is 5. The lowest BCUT2D eigenvalue weighted by molar-refractivity contribution is -0.158. The molecule has 26 heavy (non-hydrogen) atoms. The predicted molar refractivity (Wildman–Crippen MR) is 101 cm³/mol. The van der Waals surface area contributed by atoms with Crippen molar-refractivity contribution in [1.29, 1.82) is 0 Å². The van der Waals surface area contributed by atoms with Gasteiger partial charge in [-0.05, 0) is 44.0 Å². The van der Waals surface area contributed by atoms with Crippen molar-refractivity contribution in [2.75, 3.05) is 27.2 Å². The maximum Gasteiger partial charge on any atom is 0.252 e. The van der Waals surface area contributed by atoms with Crippen LogP contribution in [0.2, 0.25) is 0 Å². The van der Waals surface area contributed by atoms with Gasteiger partial charge in [-0.2, -0.15) is 0 Å². The van der Waals surface area contributed by atoms with Crippen LogP contribution in [0, 0.1) is 0 Å². The summed E-state index contributed by atoms with van der Waals surface area (Å²) < 4.78 is 11.0. The second-order valence-corrected chi connectivity index (χ2v) is 6.73. The number of amides is 1. The third kappa shape index (κ3) is 6.12. The SMILES string of the molecule is C=CCN(C)CC[C@@H]1CC[C@H](O)[C@@H](C(=O)NCc2ccc(OC)cc2)O1. The number of rotatable bonds is 9. The fraction of sp³-hybridized carbons (Fsp3) is 0.550. The van der Waals surface area contributed by atoms with Gasteiger partial charge in [0.05, 0.1) is 19.3 Å². The number of carbonyl (C=O) groups excluding carboxylic acids is 1. The van der Waals surface area contributed by atoms with Gasteiger partial charge in [0.1, 0.15) is 5.75 Å². The predicted octanol–water partition coefficient (Wildman–Crippen LogP) is 1.73. The van der Waals surface area contributed by atoms with Crippen LogP contribution in [0.25, 0.3) is 0 Å². The van der Waals surface area contributed by atoms with Gasteiger partial charge in [-0.25, -0.2) is 0 Å². The van der Waals surface area contributed by atoms with Gasteiger partial charge in [0.2, 0.25) is 0 Å². The van der Waals surface area contributed by atoms with E-state index in [2.05, 4.69) is 16.8 Å². The first-order valence-electron chi connectivity index (χ1n) is 9.07.